The number of oxazole rings is 1. The minimum Gasteiger partial charge on any atom is -0.448 e. The van der Waals surface area contributed by atoms with E-state index in [4.69, 9.17) is 8.94 Å². The molecule has 0 saturated heterocycles. The van der Waals surface area contributed by atoms with E-state index in [0.29, 0.717) is 17.7 Å². The van der Waals surface area contributed by atoms with Crippen molar-refractivity contribution in [2.75, 3.05) is 0 Å². The minimum absolute atomic E-state index is 0.312. The number of hydrogen-bond donors (Lipinski definition) is 0. The summed E-state index contributed by atoms with van der Waals surface area (Å²) in [5.41, 5.74) is 0. The maximum atomic E-state index is 5.27. The molecule has 0 saturated carbocycles. The zero-order valence-electron chi connectivity index (χ0n) is 11.1. The normalized spacial score (nSPS) is 14.6. The Morgan fingerprint density at radius 1 is 1.28 bits per heavy atom. The molecule has 0 N–H and O–H groups in total. The lowest BCUT2D eigenvalue weighted by Gasteiger charge is -2.04. The van der Waals surface area contributed by atoms with Crippen LogP contribution in [-0.2, 0) is 6.42 Å². The molecule has 2 atom stereocenters. The largest absolute Gasteiger partial charge is 0.448 e. The van der Waals surface area contributed by atoms with Gasteiger partial charge in [-0.1, -0.05) is 25.9 Å². The molecule has 0 aromatic carbocycles. The van der Waals surface area contributed by atoms with E-state index >= 15 is 0 Å². The van der Waals surface area contributed by atoms with Crippen LogP contribution in [0.4, 0.5) is 0 Å². The van der Waals surface area contributed by atoms with Crippen molar-refractivity contribution in [2.45, 2.75) is 51.9 Å². The molecule has 0 aliphatic carbocycles. The lowest BCUT2D eigenvalue weighted by Crippen LogP contribution is -1.97. The number of rotatable bonds is 6. The van der Waals surface area contributed by atoms with Gasteiger partial charge in [-0.25, -0.2) is 4.98 Å². The maximum absolute atomic E-state index is 5.27. The van der Waals surface area contributed by atoms with Crippen LogP contribution in [0.2, 0.25) is 0 Å². The quantitative estimate of drug-likeness (QED) is 0.785. The minimum atomic E-state index is 0.312. The standard InChI is InChI=1S/C13H19N3O2/c1-4-9(2)13-15-12(18-16-13)6-5-10(3)11-7-14-8-17-11/h7-10H,4-6H2,1-3H3. The lowest BCUT2D eigenvalue weighted by molar-refractivity contribution is 0.360. The summed E-state index contributed by atoms with van der Waals surface area (Å²) in [5, 5.41) is 4.01. The zero-order valence-corrected chi connectivity index (χ0v) is 11.1. The van der Waals surface area contributed by atoms with E-state index in [1.807, 2.05) is 0 Å². The van der Waals surface area contributed by atoms with Gasteiger partial charge in [-0.2, -0.15) is 4.98 Å². The van der Waals surface area contributed by atoms with E-state index in [1.54, 1.807) is 6.20 Å². The first-order valence-electron chi connectivity index (χ1n) is 6.41. The highest BCUT2D eigenvalue weighted by Crippen LogP contribution is 2.21. The van der Waals surface area contributed by atoms with Crippen LogP contribution in [0.3, 0.4) is 0 Å². The molecule has 0 spiro atoms. The molecule has 0 aliphatic rings. The number of aryl methyl sites for hydroxylation is 1. The molecular weight excluding hydrogens is 230 g/mol. The van der Waals surface area contributed by atoms with Crippen LogP contribution in [0.25, 0.3) is 0 Å². The molecule has 18 heavy (non-hydrogen) atoms. The van der Waals surface area contributed by atoms with Crippen molar-refractivity contribution in [1.82, 2.24) is 15.1 Å². The van der Waals surface area contributed by atoms with E-state index in [1.165, 1.54) is 6.39 Å². The highest BCUT2D eigenvalue weighted by atomic mass is 16.5. The van der Waals surface area contributed by atoms with Crippen LogP contribution in [0.1, 0.15) is 62.9 Å². The smallest absolute Gasteiger partial charge is 0.226 e. The second kappa shape index (κ2) is 5.80. The highest BCUT2D eigenvalue weighted by molar-refractivity contribution is 4.98. The Balaban J connectivity index is 1.88. The third-order valence-electron chi connectivity index (χ3n) is 3.27. The van der Waals surface area contributed by atoms with Crippen molar-refractivity contribution in [3.63, 3.8) is 0 Å². The summed E-state index contributed by atoms with van der Waals surface area (Å²) < 4.78 is 10.5. The van der Waals surface area contributed by atoms with Gasteiger partial charge in [-0.05, 0) is 12.8 Å². The fourth-order valence-electron chi connectivity index (χ4n) is 1.70. The Labute approximate surface area is 107 Å². The monoisotopic (exact) mass is 249 g/mol. The van der Waals surface area contributed by atoms with Crippen LogP contribution < -0.4 is 0 Å². The van der Waals surface area contributed by atoms with E-state index in [0.717, 1.165) is 30.8 Å². The number of aromatic nitrogens is 3. The Kier molecular flexibility index (Phi) is 4.12. The maximum Gasteiger partial charge on any atom is 0.226 e. The fourth-order valence-corrected chi connectivity index (χ4v) is 1.70. The van der Waals surface area contributed by atoms with Crippen molar-refractivity contribution >= 4 is 0 Å². The predicted octanol–water partition coefficient (Wildman–Crippen LogP) is 3.31. The van der Waals surface area contributed by atoms with Crippen molar-refractivity contribution < 1.29 is 8.94 Å². The Morgan fingerprint density at radius 2 is 2.11 bits per heavy atom. The molecule has 5 heteroatoms. The molecule has 2 aromatic rings. The Bertz CT molecular complexity index is 464. The van der Waals surface area contributed by atoms with Gasteiger partial charge < -0.3 is 8.94 Å². The Morgan fingerprint density at radius 3 is 2.78 bits per heavy atom. The van der Waals surface area contributed by atoms with Gasteiger partial charge in [-0.3, -0.25) is 0 Å². The molecule has 0 aliphatic heterocycles. The summed E-state index contributed by atoms with van der Waals surface area (Å²) in [4.78, 5) is 8.33. The van der Waals surface area contributed by atoms with E-state index in [9.17, 15) is 0 Å². The second-order valence-corrected chi connectivity index (χ2v) is 4.70. The fraction of sp³-hybridized carbons (Fsp3) is 0.615. The third-order valence-corrected chi connectivity index (χ3v) is 3.27. The summed E-state index contributed by atoms with van der Waals surface area (Å²) in [6.45, 7) is 6.32. The third kappa shape index (κ3) is 2.97. The molecule has 98 valence electrons. The van der Waals surface area contributed by atoms with Crippen LogP contribution >= 0.6 is 0 Å². The van der Waals surface area contributed by atoms with Gasteiger partial charge in [0.25, 0.3) is 0 Å². The molecule has 0 radical (unpaired) electrons. The number of nitrogens with zero attached hydrogens (tertiary/aromatic N) is 3. The molecule has 2 unspecified atom stereocenters. The molecule has 0 amide bonds. The Hall–Kier alpha value is -1.65. The molecule has 0 fully saturated rings. The first-order chi connectivity index (χ1) is 8.70. The number of hydrogen-bond acceptors (Lipinski definition) is 5. The molecular formula is C13H19N3O2. The molecule has 2 heterocycles. The summed E-state index contributed by atoms with van der Waals surface area (Å²) in [6, 6.07) is 0. The second-order valence-electron chi connectivity index (χ2n) is 4.70. The molecule has 2 aromatic heterocycles. The van der Waals surface area contributed by atoms with Crippen molar-refractivity contribution in [1.29, 1.82) is 0 Å². The van der Waals surface area contributed by atoms with Crippen LogP contribution in [0.15, 0.2) is 21.5 Å². The SMILES string of the molecule is CCC(C)c1noc(CCC(C)c2cnco2)n1. The molecule has 5 nitrogen and oxygen atoms in total. The average Bonchev–Trinajstić information content (AvgIpc) is 3.05. The van der Waals surface area contributed by atoms with E-state index in [-0.39, 0.29) is 0 Å². The highest BCUT2D eigenvalue weighted by Gasteiger charge is 2.14. The first kappa shape index (κ1) is 12.8. The first-order valence-corrected chi connectivity index (χ1v) is 6.41. The van der Waals surface area contributed by atoms with Gasteiger partial charge in [0.1, 0.15) is 5.76 Å². The average molecular weight is 249 g/mol. The van der Waals surface area contributed by atoms with Gasteiger partial charge in [0, 0.05) is 18.3 Å². The van der Waals surface area contributed by atoms with Crippen molar-refractivity contribution in [3.8, 4) is 0 Å². The van der Waals surface area contributed by atoms with Crippen molar-refractivity contribution in [2.24, 2.45) is 0 Å². The van der Waals surface area contributed by atoms with Crippen molar-refractivity contribution in [3.05, 3.63) is 30.1 Å². The van der Waals surface area contributed by atoms with Crippen LogP contribution in [0, 0.1) is 0 Å². The van der Waals surface area contributed by atoms with Gasteiger partial charge in [0.05, 0.1) is 6.20 Å². The van der Waals surface area contributed by atoms with Crippen LogP contribution in [-0.4, -0.2) is 15.1 Å². The summed E-state index contributed by atoms with van der Waals surface area (Å²) in [5.74, 6) is 3.08. The molecule has 2 rings (SSSR count). The zero-order chi connectivity index (χ0) is 13.0. The van der Waals surface area contributed by atoms with E-state index < -0.39 is 0 Å². The van der Waals surface area contributed by atoms with Gasteiger partial charge >= 0.3 is 0 Å². The van der Waals surface area contributed by atoms with Crippen LogP contribution in [0.5, 0.6) is 0 Å². The van der Waals surface area contributed by atoms with Gasteiger partial charge in [-0.15, -0.1) is 0 Å². The predicted molar refractivity (Wildman–Crippen MR) is 66.2 cm³/mol. The topological polar surface area (TPSA) is 65.0 Å². The summed E-state index contributed by atoms with van der Waals surface area (Å²) >= 11 is 0. The van der Waals surface area contributed by atoms with E-state index in [2.05, 4.69) is 35.9 Å². The lowest BCUT2D eigenvalue weighted by atomic mass is 10.0. The summed E-state index contributed by atoms with van der Waals surface area (Å²) in [6.07, 6.45) is 5.92. The van der Waals surface area contributed by atoms with Gasteiger partial charge in [0.15, 0.2) is 12.2 Å². The van der Waals surface area contributed by atoms with Gasteiger partial charge in [0.2, 0.25) is 5.89 Å². The molecule has 0 bridgehead atoms. The summed E-state index contributed by atoms with van der Waals surface area (Å²) in [7, 11) is 0.